The molecule has 0 radical (unpaired) electrons. The lowest BCUT2D eigenvalue weighted by atomic mass is 10.2. The average molecular weight is 291 g/mol. The van der Waals surface area contributed by atoms with Gasteiger partial charge in [0.1, 0.15) is 0 Å². The molecular weight excluding hydrogens is 258 g/mol. The van der Waals surface area contributed by atoms with Gasteiger partial charge in [0.25, 0.3) is 0 Å². The second-order valence-corrected chi connectivity index (χ2v) is 4.71. The van der Waals surface area contributed by atoms with Gasteiger partial charge in [0.15, 0.2) is 0 Å². The van der Waals surface area contributed by atoms with E-state index in [4.69, 9.17) is 24.7 Å². The molecule has 2 N–H and O–H groups in total. The van der Waals surface area contributed by atoms with Crippen LogP contribution in [0.15, 0.2) is 0 Å². The predicted octanol–water partition coefficient (Wildman–Crippen LogP) is 1.98. The Kier molecular flexibility index (Phi) is 16.7. The molecule has 20 heavy (non-hydrogen) atoms. The van der Waals surface area contributed by atoms with Crippen molar-refractivity contribution in [1.29, 1.82) is 0 Å². The number of unbranched alkanes of at least 4 members (excludes halogenated alkanes) is 1. The Bertz CT molecular complexity index is 181. The first-order chi connectivity index (χ1) is 9.85. The first-order valence-corrected chi connectivity index (χ1v) is 7.90. The summed E-state index contributed by atoms with van der Waals surface area (Å²) in [6.45, 7) is 9.38. The summed E-state index contributed by atoms with van der Waals surface area (Å²) in [4.78, 5) is 0. The monoisotopic (exact) mass is 291 g/mol. The smallest absolute Gasteiger partial charge is 0.0704 e. The number of hydrogen-bond donors (Lipinski definition) is 1. The summed E-state index contributed by atoms with van der Waals surface area (Å²) in [7, 11) is 0. The van der Waals surface area contributed by atoms with Gasteiger partial charge in [-0.1, -0.05) is 26.7 Å². The molecule has 0 spiro atoms. The molecule has 0 aromatic heterocycles. The van der Waals surface area contributed by atoms with Crippen LogP contribution >= 0.6 is 0 Å². The standard InChI is InChI=1S/C15H33NO4/c1-3-5-7-17-8-9-18-10-11-19-12-13-20-15(14-16)6-4-2/h15H,3-14,16H2,1-2H3. The SMILES string of the molecule is CCCCOCCOCCOCCOC(CN)CCC. The van der Waals surface area contributed by atoms with E-state index in [1.165, 1.54) is 6.42 Å². The molecular formula is C15H33NO4. The average Bonchev–Trinajstić information content (AvgIpc) is 2.47. The van der Waals surface area contributed by atoms with E-state index < -0.39 is 0 Å². The van der Waals surface area contributed by atoms with Crippen LogP contribution in [-0.2, 0) is 18.9 Å². The van der Waals surface area contributed by atoms with E-state index in [0.29, 0.717) is 46.2 Å². The highest BCUT2D eigenvalue weighted by Gasteiger charge is 2.04. The lowest BCUT2D eigenvalue weighted by Gasteiger charge is -2.14. The molecule has 0 heterocycles. The van der Waals surface area contributed by atoms with E-state index in [-0.39, 0.29) is 6.10 Å². The van der Waals surface area contributed by atoms with E-state index in [9.17, 15) is 0 Å². The highest BCUT2D eigenvalue weighted by Crippen LogP contribution is 1.99. The molecule has 0 aromatic rings. The molecule has 5 nitrogen and oxygen atoms in total. The van der Waals surface area contributed by atoms with E-state index in [1.54, 1.807) is 0 Å². The van der Waals surface area contributed by atoms with E-state index in [2.05, 4.69) is 13.8 Å². The van der Waals surface area contributed by atoms with Crippen molar-refractivity contribution >= 4 is 0 Å². The zero-order valence-electron chi connectivity index (χ0n) is 13.3. The largest absolute Gasteiger partial charge is 0.379 e. The van der Waals surface area contributed by atoms with Gasteiger partial charge in [-0.3, -0.25) is 0 Å². The molecule has 122 valence electrons. The summed E-state index contributed by atoms with van der Waals surface area (Å²) in [5, 5.41) is 0. The number of hydrogen-bond acceptors (Lipinski definition) is 5. The van der Waals surface area contributed by atoms with Crippen LogP contribution in [0.2, 0.25) is 0 Å². The predicted molar refractivity (Wildman–Crippen MR) is 81.1 cm³/mol. The topological polar surface area (TPSA) is 62.9 Å². The zero-order chi connectivity index (χ0) is 14.9. The summed E-state index contributed by atoms with van der Waals surface area (Å²) < 4.78 is 21.8. The van der Waals surface area contributed by atoms with E-state index in [1.807, 2.05) is 0 Å². The minimum absolute atomic E-state index is 0.167. The van der Waals surface area contributed by atoms with Gasteiger partial charge in [0, 0.05) is 13.2 Å². The van der Waals surface area contributed by atoms with Gasteiger partial charge >= 0.3 is 0 Å². The van der Waals surface area contributed by atoms with Gasteiger partial charge in [0.05, 0.1) is 45.7 Å². The van der Waals surface area contributed by atoms with Crippen molar-refractivity contribution in [2.24, 2.45) is 5.73 Å². The zero-order valence-corrected chi connectivity index (χ0v) is 13.3. The van der Waals surface area contributed by atoms with Crippen LogP contribution in [0.5, 0.6) is 0 Å². The van der Waals surface area contributed by atoms with Crippen LogP contribution in [-0.4, -0.2) is 58.9 Å². The molecule has 0 aliphatic heterocycles. The van der Waals surface area contributed by atoms with Crippen molar-refractivity contribution in [2.45, 2.75) is 45.6 Å². The summed E-state index contributed by atoms with van der Waals surface area (Å²) >= 11 is 0. The third-order valence-electron chi connectivity index (χ3n) is 2.84. The van der Waals surface area contributed by atoms with Crippen LogP contribution in [0.4, 0.5) is 0 Å². The number of rotatable bonds is 16. The van der Waals surface area contributed by atoms with Gasteiger partial charge < -0.3 is 24.7 Å². The summed E-state index contributed by atoms with van der Waals surface area (Å²) in [5.74, 6) is 0. The summed E-state index contributed by atoms with van der Waals surface area (Å²) in [6.07, 6.45) is 4.56. The van der Waals surface area contributed by atoms with Crippen molar-refractivity contribution in [3.63, 3.8) is 0 Å². The minimum atomic E-state index is 0.167. The summed E-state index contributed by atoms with van der Waals surface area (Å²) in [6, 6.07) is 0. The van der Waals surface area contributed by atoms with E-state index in [0.717, 1.165) is 25.9 Å². The molecule has 0 saturated heterocycles. The molecule has 1 unspecified atom stereocenters. The third-order valence-corrected chi connectivity index (χ3v) is 2.84. The van der Waals surface area contributed by atoms with Crippen molar-refractivity contribution in [3.05, 3.63) is 0 Å². The molecule has 0 rings (SSSR count). The fourth-order valence-corrected chi connectivity index (χ4v) is 1.65. The molecule has 5 heteroatoms. The second kappa shape index (κ2) is 16.9. The first-order valence-electron chi connectivity index (χ1n) is 7.90. The van der Waals surface area contributed by atoms with Crippen LogP contribution < -0.4 is 5.73 Å². The normalized spacial score (nSPS) is 12.8. The maximum Gasteiger partial charge on any atom is 0.0704 e. The first kappa shape index (κ1) is 19.8. The maximum atomic E-state index is 5.60. The Labute approximate surface area is 124 Å². The van der Waals surface area contributed by atoms with Crippen LogP contribution in [0.3, 0.4) is 0 Å². The summed E-state index contributed by atoms with van der Waals surface area (Å²) in [5.41, 5.74) is 5.60. The van der Waals surface area contributed by atoms with Crippen molar-refractivity contribution < 1.29 is 18.9 Å². The highest BCUT2D eigenvalue weighted by molar-refractivity contribution is 4.56. The quantitative estimate of drug-likeness (QED) is 0.441. The highest BCUT2D eigenvalue weighted by atomic mass is 16.6. The van der Waals surface area contributed by atoms with Gasteiger partial charge in [-0.15, -0.1) is 0 Å². The Morgan fingerprint density at radius 2 is 1.30 bits per heavy atom. The third kappa shape index (κ3) is 14.2. The van der Waals surface area contributed by atoms with Crippen LogP contribution in [0.25, 0.3) is 0 Å². The molecule has 0 aliphatic rings. The Hall–Kier alpha value is -0.200. The van der Waals surface area contributed by atoms with Gasteiger partial charge in [-0.05, 0) is 12.8 Å². The molecule has 0 aromatic carbocycles. The van der Waals surface area contributed by atoms with Crippen LogP contribution in [0.1, 0.15) is 39.5 Å². The Balaban J connectivity index is 3.09. The van der Waals surface area contributed by atoms with Crippen LogP contribution in [0, 0.1) is 0 Å². The lowest BCUT2D eigenvalue weighted by Crippen LogP contribution is -2.25. The van der Waals surface area contributed by atoms with Gasteiger partial charge in [-0.25, -0.2) is 0 Å². The molecule has 0 aliphatic carbocycles. The molecule has 0 fully saturated rings. The van der Waals surface area contributed by atoms with E-state index >= 15 is 0 Å². The van der Waals surface area contributed by atoms with Crippen molar-refractivity contribution in [3.8, 4) is 0 Å². The minimum Gasteiger partial charge on any atom is -0.379 e. The maximum absolute atomic E-state index is 5.60. The fraction of sp³-hybridized carbons (Fsp3) is 1.00. The number of ether oxygens (including phenoxy) is 4. The number of nitrogens with two attached hydrogens (primary N) is 1. The van der Waals surface area contributed by atoms with Gasteiger partial charge in [-0.2, -0.15) is 0 Å². The molecule has 1 atom stereocenters. The lowest BCUT2D eigenvalue weighted by molar-refractivity contribution is -0.0185. The molecule has 0 bridgehead atoms. The second-order valence-electron chi connectivity index (χ2n) is 4.71. The van der Waals surface area contributed by atoms with Crippen molar-refractivity contribution in [1.82, 2.24) is 0 Å². The Morgan fingerprint density at radius 3 is 1.80 bits per heavy atom. The van der Waals surface area contributed by atoms with Gasteiger partial charge in [0.2, 0.25) is 0 Å². The fourth-order valence-electron chi connectivity index (χ4n) is 1.65. The molecule has 0 saturated carbocycles. The molecule has 0 amide bonds. The Morgan fingerprint density at radius 1 is 0.750 bits per heavy atom. The van der Waals surface area contributed by atoms with Crippen molar-refractivity contribution in [2.75, 3.05) is 52.8 Å².